The highest BCUT2D eigenvalue weighted by Gasteiger charge is 2.19. The van der Waals surface area contributed by atoms with Crippen molar-refractivity contribution in [3.05, 3.63) is 95.7 Å². The highest BCUT2D eigenvalue weighted by Crippen LogP contribution is 2.37. The molecule has 3 nitrogen and oxygen atoms in total. The van der Waals surface area contributed by atoms with E-state index in [-0.39, 0.29) is 5.91 Å². The number of aromatic amines is 1. The molecule has 3 aromatic carbocycles. The zero-order valence-electron chi connectivity index (χ0n) is 15.0. The monoisotopic (exact) mass is 372 g/mol. The van der Waals surface area contributed by atoms with Gasteiger partial charge in [0.1, 0.15) is 5.69 Å². The molecule has 0 aliphatic heterocycles. The van der Waals surface area contributed by atoms with Crippen LogP contribution in [0.1, 0.15) is 21.6 Å². The standard InChI is InChI=1S/C23H20N2OS/c1-16-12-13-19-20(14-16)25-21(22(19)27-18-10-6-3-7-11-18)23(26)24-15-17-8-4-2-5-9-17/h2-14,25H,15H2,1H3,(H,24,26). The molecule has 0 aliphatic carbocycles. The molecule has 0 radical (unpaired) electrons. The second kappa shape index (κ2) is 7.72. The molecule has 0 fully saturated rings. The van der Waals surface area contributed by atoms with Crippen LogP contribution in [0.15, 0.2) is 88.7 Å². The van der Waals surface area contributed by atoms with E-state index in [1.165, 1.54) is 0 Å². The number of hydrogen-bond acceptors (Lipinski definition) is 2. The van der Waals surface area contributed by atoms with E-state index in [2.05, 4.69) is 47.6 Å². The Bertz CT molecular complexity index is 1070. The minimum absolute atomic E-state index is 0.0915. The van der Waals surface area contributed by atoms with Gasteiger partial charge in [0.15, 0.2) is 0 Å². The summed E-state index contributed by atoms with van der Waals surface area (Å²) in [5.74, 6) is -0.0915. The van der Waals surface area contributed by atoms with Gasteiger partial charge >= 0.3 is 0 Å². The van der Waals surface area contributed by atoms with Gasteiger partial charge < -0.3 is 10.3 Å². The van der Waals surface area contributed by atoms with E-state index in [0.717, 1.165) is 31.8 Å². The summed E-state index contributed by atoms with van der Waals surface area (Å²) in [5, 5.41) is 4.10. The maximum atomic E-state index is 12.9. The molecule has 0 unspecified atom stereocenters. The molecule has 0 saturated heterocycles. The Morgan fingerprint density at radius 2 is 1.67 bits per heavy atom. The molecule has 0 atom stereocenters. The third kappa shape index (κ3) is 3.91. The Labute approximate surface area is 162 Å². The lowest BCUT2D eigenvalue weighted by Gasteiger charge is -2.07. The van der Waals surface area contributed by atoms with Crippen molar-refractivity contribution in [3.8, 4) is 0 Å². The fourth-order valence-corrected chi connectivity index (χ4v) is 4.09. The fraction of sp³-hybridized carbons (Fsp3) is 0.0870. The van der Waals surface area contributed by atoms with E-state index in [1.807, 2.05) is 48.5 Å². The number of hydrogen-bond donors (Lipinski definition) is 2. The van der Waals surface area contributed by atoms with Gasteiger partial charge in [0.05, 0.1) is 4.90 Å². The number of aromatic nitrogens is 1. The lowest BCUT2D eigenvalue weighted by molar-refractivity contribution is 0.0944. The number of amides is 1. The first-order valence-corrected chi connectivity index (χ1v) is 9.70. The van der Waals surface area contributed by atoms with Crippen molar-refractivity contribution in [1.29, 1.82) is 0 Å². The Kier molecular flexibility index (Phi) is 4.99. The largest absolute Gasteiger partial charge is 0.350 e. The topological polar surface area (TPSA) is 44.9 Å². The third-order valence-electron chi connectivity index (χ3n) is 4.39. The maximum Gasteiger partial charge on any atom is 0.269 e. The molecule has 4 aromatic rings. The van der Waals surface area contributed by atoms with Crippen LogP contribution in [0.4, 0.5) is 0 Å². The van der Waals surface area contributed by atoms with E-state index < -0.39 is 0 Å². The Morgan fingerprint density at radius 1 is 0.963 bits per heavy atom. The average Bonchev–Trinajstić information content (AvgIpc) is 3.05. The van der Waals surface area contributed by atoms with Crippen LogP contribution < -0.4 is 5.32 Å². The minimum Gasteiger partial charge on any atom is -0.350 e. The van der Waals surface area contributed by atoms with Crippen LogP contribution >= 0.6 is 11.8 Å². The third-order valence-corrected chi connectivity index (χ3v) is 5.53. The predicted molar refractivity (Wildman–Crippen MR) is 111 cm³/mol. The fourth-order valence-electron chi connectivity index (χ4n) is 3.02. The Hall–Kier alpha value is -2.98. The normalized spacial score (nSPS) is 10.9. The van der Waals surface area contributed by atoms with E-state index in [1.54, 1.807) is 11.8 Å². The van der Waals surface area contributed by atoms with Crippen molar-refractivity contribution in [2.24, 2.45) is 0 Å². The molecule has 27 heavy (non-hydrogen) atoms. The molecule has 4 heteroatoms. The molecule has 0 bridgehead atoms. The smallest absolute Gasteiger partial charge is 0.269 e. The predicted octanol–water partition coefficient (Wildman–Crippen LogP) is 5.56. The molecule has 4 rings (SSSR count). The van der Waals surface area contributed by atoms with Crippen molar-refractivity contribution in [2.75, 3.05) is 0 Å². The van der Waals surface area contributed by atoms with E-state index in [4.69, 9.17) is 0 Å². The van der Waals surface area contributed by atoms with Crippen LogP contribution in [0.3, 0.4) is 0 Å². The first kappa shape index (κ1) is 17.4. The summed E-state index contributed by atoms with van der Waals surface area (Å²) >= 11 is 1.61. The number of benzene rings is 3. The van der Waals surface area contributed by atoms with Crippen molar-refractivity contribution in [1.82, 2.24) is 10.3 Å². The van der Waals surface area contributed by atoms with Crippen molar-refractivity contribution in [3.63, 3.8) is 0 Å². The number of fused-ring (bicyclic) bond motifs is 1. The van der Waals surface area contributed by atoms with Gasteiger partial charge in [-0.2, -0.15) is 0 Å². The van der Waals surface area contributed by atoms with Gasteiger partial charge in [-0.25, -0.2) is 0 Å². The van der Waals surface area contributed by atoms with Gasteiger partial charge in [-0.05, 0) is 36.2 Å². The van der Waals surface area contributed by atoms with Crippen LogP contribution in [-0.4, -0.2) is 10.9 Å². The number of nitrogens with one attached hydrogen (secondary N) is 2. The second-order valence-electron chi connectivity index (χ2n) is 6.46. The number of aryl methyl sites for hydroxylation is 1. The van der Waals surface area contributed by atoms with Crippen molar-refractivity contribution < 1.29 is 4.79 Å². The first-order chi connectivity index (χ1) is 13.2. The van der Waals surface area contributed by atoms with Crippen LogP contribution in [0, 0.1) is 6.92 Å². The van der Waals surface area contributed by atoms with Crippen LogP contribution in [-0.2, 0) is 6.54 Å². The lowest BCUT2D eigenvalue weighted by atomic mass is 10.2. The highest BCUT2D eigenvalue weighted by atomic mass is 32.2. The maximum absolute atomic E-state index is 12.9. The molecule has 134 valence electrons. The first-order valence-electron chi connectivity index (χ1n) is 8.88. The van der Waals surface area contributed by atoms with E-state index >= 15 is 0 Å². The average molecular weight is 372 g/mol. The molecule has 2 N–H and O–H groups in total. The van der Waals surface area contributed by atoms with Gasteiger partial charge in [0, 0.05) is 22.3 Å². The molecule has 0 spiro atoms. The Balaban J connectivity index is 1.67. The highest BCUT2D eigenvalue weighted by molar-refractivity contribution is 7.99. The van der Waals surface area contributed by atoms with Gasteiger partial charge in [-0.15, -0.1) is 0 Å². The number of carbonyl (C=O) groups is 1. The summed E-state index contributed by atoms with van der Waals surface area (Å²) in [6, 6.07) is 26.3. The van der Waals surface area contributed by atoms with Crippen LogP contribution in [0.2, 0.25) is 0 Å². The molecule has 1 amide bonds. The number of rotatable bonds is 5. The lowest BCUT2D eigenvalue weighted by Crippen LogP contribution is -2.23. The summed E-state index contributed by atoms with van der Waals surface area (Å²) < 4.78 is 0. The summed E-state index contributed by atoms with van der Waals surface area (Å²) in [7, 11) is 0. The zero-order chi connectivity index (χ0) is 18.6. The molecule has 0 aliphatic rings. The van der Waals surface area contributed by atoms with Gasteiger partial charge in [0.25, 0.3) is 5.91 Å². The summed E-state index contributed by atoms with van der Waals surface area (Å²) in [6.45, 7) is 2.56. The number of H-pyrrole nitrogens is 1. The Morgan fingerprint density at radius 3 is 2.41 bits per heavy atom. The van der Waals surface area contributed by atoms with Gasteiger partial charge in [-0.3, -0.25) is 4.79 Å². The zero-order valence-corrected chi connectivity index (χ0v) is 15.8. The molecule has 1 heterocycles. The summed E-state index contributed by atoms with van der Waals surface area (Å²) in [5.41, 5.74) is 3.84. The number of carbonyl (C=O) groups excluding carboxylic acids is 1. The molecular weight excluding hydrogens is 352 g/mol. The molecule has 1 aromatic heterocycles. The van der Waals surface area contributed by atoms with Gasteiger partial charge in [0.2, 0.25) is 0 Å². The molecule has 0 saturated carbocycles. The van der Waals surface area contributed by atoms with Crippen LogP contribution in [0.25, 0.3) is 10.9 Å². The second-order valence-corrected chi connectivity index (χ2v) is 7.55. The van der Waals surface area contributed by atoms with Crippen molar-refractivity contribution in [2.45, 2.75) is 23.3 Å². The molecular formula is C23H20N2OS. The summed E-state index contributed by atoms with van der Waals surface area (Å²) in [4.78, 5) is 18.3. The van der Waals surface area contributed by atoms with E-state index in [0.29, 0.717) is 12.2 Å². The minimum atomic E-state index is -0.0915. The SMILES string of the molecule is Cc1ccc2c(Sc3ccccc3)c(C(=O)NCc3ccccc3)[nH]c2c1. The van der Waals surface area contributed by atoms with E-state index in [9.17, 15) is 4.79 Å². The van der Waals surface area contributed by atoms with Crippen LogP contribution in [0.5, 0.6) is 0 Å². The summed E-state index contributed by atoms with van der Waals surface area (Å²) in [6.07, 6.45) is 0. The van der Waals surface area contributed by atoms with Crippen molar-refractivity contribution >= 4 is 28.6 Å². The quantitative estimate of drug-likeness (QED) is 0.482. The van der Waals surface area contributed by atoms with Gasteiger partial charge in [-0.1, -0.05) is 72.4 Å².